The SMILES string of the molecule is CCNC(=NCc1ccc(OC)c(O)c1)NCCOC1CCCCCC1. The van der Waals surface area contributed by atoms with Gasteiger partial charge in [0.1, 0.15) is 0 Å². The minimum atomic E-state index is 0.134. The van der Waals surface area contributed by atoms with E-state index in [4.69, 9.17) is 9.47 Å². The van der Waals surface area contributed by atoms with Crippen molar-refractivity contribution < 1.29 is 14.6 Å². The molecule has 1 fully saturated rings. The van der Waals surface area contributed by atoms with Crippen LogP contribution in [0.4, 0.5) is 0 Å². The van der Waals surface area contributed by atoms with Crippen molar-refractivity contribution in [1.82, 2.24) is 10.6 Å². The zero-order valence-electron chi connectivity index (χ0n) is 16.1. The molecular weight excluding hydrogens is 330 g/mol. The summed E-state index contributed by atoms with van der Waals surface area (Å²) in [5.41, 5.74) is 0.926. The van der Waals surface area contributed by atoms with Crippen LogP contribution >= 0.6 is 0 Å². The van der Waals surface area contributed by atoms with E-state index in [1.165, 1.54) is 45.6 Å². The lowest BCUT2D eigenvalue weighted by atomic mass is 10.1. The third-order valence-corrected chi connectivity index (χ3v) is 4.56. The number of phenols is 1. The Bertz CT molecular complexity index is 555. The lowest BCUT2D eigenvalue weighted by Crippen LogP contribution is -2.39. The van der Waals surface area contributed by atoms with E-state index in [1.807, 2.05) is 13.0 Å². The van der Waals surface area contributed by atoms with Crippen LogP contribution in [0, 0.1) is 0 Å². The molecule has 0 atom stereocenters. The van der Waals surface area contributed by atoms with Crippen molar-refractivity contribution in [2.75, 3.05) is 26.8 Å². The van der Waals surface area contributed by atoms with Gasteiger partial charge in [-0.15, -0.1) is 0 Å². The van der Waals surface area contributed by atoms with Crippen LogP contribution in [-0.4, -0.2) is 44.0 Å². The molecule has 0 aliphatic heterocycles. The predicted molar refractivity (Wildman–Crippen MR) is 105 cm³/mol. The molecule has 3 N–H and O–H groups in total. The molecule has 0 radical (unpaired) electrons. The number of guanidine groups is 1. The molecule has 0 bridgehead atoms. The van der Waals surface area contributed by atoms with Crippen LogP contribution < -0.4 is 15.4 Å². The number of hydrogen-bond donors (Lipinski definition) is 3. The topological polar surface area (TPSA) is 75.1 Å². The Morgan fingerprint density at radius 2 is 1.96 bits per heavy atom. The number of nitrogens with zero attached hydrogens (tertiary/aromatic N) is 1. The van der Waals surface area contributed by atoms with E-state index < -0.39 is 0 Å². The second-order valence-corrected chi connectivity index (χ2v) is 6.61. The third-order valence-electron chi connectivity index (χ3n) is 4.56. The number of ether oxygens (including phenoxy) is 2. The van der Waals surface area contributed by atoms with Gasteiger partial charge in [-0.3, -0.25) is 0 Å². The van der Waals surface area contributed by atoms with Gasteiger partial charge in [0.2, 0.25) is 0 Å². The van der Waals surface area contributed by atoms with Gasteiger partial charge >= 0.3 is 0 Å². The maximum absolute atomic E-state index is 9.86. The predicted octanol–water partition coefficient (Wildman–Crippen LogP) is 3.20. The average molecular weight is 364 g/mol. The first-order valence-corrected chi connectivity index (χ1v) is 9.72. The molecule has 1 aliphatic carbocycles. The van der Waals surface area contributed by atoms with E-state index in [2.05, 4.69) is 15.6 Å². The molecule has 1 aromatic rings. The van der Waals surface area contributed by atoms with E-state index in [0.717, 1.165) is 24.6 Å². The number of aliphatic imine (C=N–C) groups is 1. The Hall–Kier alpha value is -1.95. The first kappa shape index (κ1) is 20.4. The van der Waals surface area contributed by atoms with Gasteiger partial charge in [0.25, 0.3) is 0 Å². The van der Waals surface area contributed by atoms with Crippen molar-refractivity contribution >= 4 is 5.96 Å². The molecule has 0 amide bonds. The van der Waals surface area contributed by atoms with Crippen molar-refractivity contribution in [3.63, 3.8) is 0 Å². The number of nitrogens with one attached hydrogen (secondary N) is 2. The molecular formula is C20H33N3O3. The van der Waals surface area contributed by atoms with Gasteiger partial charge in [0.05, 0.1) is 26.4 Å². The summed E-state index contributed by atoms with van der Waals surface area (Å²) in [6.45, 7) is 4.74. The fourth-order valence-electron chi connectivity index (χ4n) is 3.15. The third kappa shape index (κ3) is 7.12. The second kappa shape index (κ2) is 11.6. The van der Waals surface area contributed by atoms with E-state index in [1.54, 1.807) is 12.1 Å². The Kier molecular flexibility index (Phi) is 9.10. The minimum absolute atomic E-state index is 0.134. The average Bonchev–Trinajstić information content (AvgIpc) is 2.92. The molecule has 6 nitrogen and oxygen atoms in total. The Labute approximate surface area is 157 Å². The molecule has 6 heteroatoms. The van der Waals surface area contributed by atoms with Gasteiger partial charge in [-0.2, -0.15) is 0 Å². The van der Waals surface area contributed by atoms with Gasteiger partial charge in [-0.25, -0.2) is 4.99 Å². The zero-order chi connectivity index (χ0) is 18.6. The van der Waals surface area contributed by atoms with Crippen LogP contribution in [0.2, 0.25) is 0 Å². The molecule has 1 saturated carbocycles. The Morgan fingerprint density at radius 1 is 1.19 bits per heavy atom. The molecule has 0 saturated heterocycles. The summed E-state index contributed by atoms with van der Waals surface area (Å²) in [4.78, 5) is 4.57. The summed E-state index contributed by atoms with van der Waals surface area (Å²) in [5.74, 6) is 1.36. The first-order chi connectivity index (χ1) is 12.7. The Balaban J connectivity index is 1.77. The van der Waals surface area contributed by atoms with Gasteiger partial charge < -0.3 is 25.2 Å². The normalized spacial score (nSPS) is 16.2. The molecule has 0 aromatic heterocycles. The quantitative estimate of drug-likeness (QED) is 0.286. The summed E-state index contributed by atoms with van der Waals surface area (Å²) in [7, 11) is 1.54. The number of aromatic hydroxyl groups is 1. The monoisotopic (exact) mass is 363 g/mol. The largest absolute Gasteiger partial charge is 0.504 e. The Morgan fingerprint density at radius 3 is 2.62 bits per heavy atom. The fraction of sp³-hybridized carbons (Fsp3) is 0.650. The van der Waals surface area contributed by atoms with Crippen molar-refractivity contribution in [3.8, 4) is 11.5 Å². The second-order valence-electron chi connectivity index (χ2n) is 6.61. The first-order valence-electron chi connectivity index (χ1n) is 9.72. The van der Waals surface area contributed by atoms with Gasteiger partial charge in [-0.1, -0.05) is 31.7 Å². The molecule has 1 aliphatic rings. The molecule has 26 heavy (non-hydrogen) atoms. The summed E-state index contributed by atoms with van der Waals surface area (Å²) >= 11 is 0. The van der Waals surface area contributed by atoms with Gasteiger partial charge in [0, 0.05) is 13.1 Å². The van der Waals surface area contributed by atoms with Crippen LogP contribution in [0.15, 0.2) is 23.2 Å². The molecule has 1 aromatic carbocycles. The lowest BCUT2D eigenvalue weighted by molar-refractivity contribution is 0.0468. The number of phenolic OH excluding ortho intramolecular Hbond substituents is 1. The van der Waals surface area contributed by atoms with Gasteiger partial charge in [0.15, 0.2) is 17.5 Å². The molecule has 146 valence electrons. The van der Waals surface area contributed by atoms with Crippen molar-refractivity contribution in [3.05, 3.63) is 23.8 Å². The van der Waals surface area contributed by atoms with Crippen molar-refractivity contribution in [2.24, 2.45) is 4.99 Å². The minimum Gasteiger partial charge on any atom is -0.504 e. The highest BCUT2D eigenvalue weighted by Crippen LogP contribution is 2.26. The van der Waals surface area contributed by atoms with Crippen molar-refractivity contribution in [1.29, 1.82) is 0 Å². The van der Waals surface area contributed by atoms with Crippen LogP contribution in [-0.2, 0) is 11.3 Å². The molecule has 2 rings (SSSR count). The number of methoxy groups -OCH3 is 1. The van der Waals surface area contributed by atoms with E-state index in [9.17, 15) is 5.11 Å². The van der Waals surface area contributed by atoms with Crippen molar-refractivity contribution in [2.45, 2.75) is 58.1 Å². The highest BCUT2D eigenvalue weighted by molar-refractivity contribution is 5.79. The van der Waals surface area contributed by atoms with E-state index in [0.29, 0.717) is 25.0 Å². The number of rotatable bonds is 8. The van der Waals surface area contributed by atoms with Crippen LogP contribution in [0.5, 0.6) is 11.5 Å². The molecule has 0 unspecified atom stereocenters. The summed E-state index contributed by atoms with van der Waals surface area (Å²) < 4.78 is 11.1. The summed E-state index contributed by atoms with van der Waals surface area (Å²) in [6, 6.07) is 5.34. The maximum atomic E-state index is 9.86. The zero-order valence-corrected chi connectivity index (χ0v) is 16.1. The molecule has 0 heterocycles. The highest BCUT2D eigenvalue weighted by Gasteiger charge is 2.12. The lowest BCUT2D eigenvalue weighted by Gasteiger charge is -2.16. The van der Waals surface area contributed by atoms with Crippen LogP contribution in [0.3, 0.4) is 0 Å². The smallest absolute Gasteiger partial charge is 0.191 e. The molecule has 0 spiro atoms. The summed E-state index contributed by atoms with van der Waals surface area (Å²) in [6.07, 6.45) is 8.06. The van der Waals surface area contributed by atoms with E-state index >= 15 is 0 Å². The maximum Gasteiger partial charge on any atom is 0.191 e. The highest BCUT2D eigenvalue weighted by atomic mass is 16.5. The van der Waals surface area contributed by atoms with E-state index in [-0.39, 0.29) is 5.75 Å². The van der Waals surface area contributed by atoms with Crippen LogP contribution in [0.25, 0.3) is 0 Å². The summed E-state index contributed by atoms with van der Waals surface area (Å²) in [5, 5.41) is 16.4. The van der Waals surface area contributed by atoms with Crippen LogP contribution in [0.1, 0.15) is 51.0 Å². The fourth-order valence-corrected chi connectivity index (χ4v) is 3.15. The van der Waals surface area contributed by atoms with Gasteiger partial charge in [-0.05, 0) is 37.5 Å². The standard InChI is InChI=1S/C20H33N3O3/c1-3-21-20(22-12-13-26-17-8-6-4-5-7-9-17)23-15-16-10-11-19(25-2)18(24)14-16/h10-11,14,17,24H,3-9,12-13,15H2,1-2H3,(H2,21,22,23). The number of benzene rings is 1. The number of hydrogen-bond acceptors (Lipinski definition) is 4.